The van der Waals surface area contributed by atoms with Gasteiger partial charge in [0.1, 0.15) is 12.4 Å². The zero-order chi connectivity index (χ0) is 29.4. The fourth-order valence-electron chi connectivity index (χ4n) is 4.15. The number of amides is 3. The third-order valence-electron chi connectivity index (χ3n) is 6.36. The van der Waals surface area contributed by atoms with Gasteiger partial charge in [-0.05, 0) is 52.9 Å². The van der Waals surface area contributed by atoms with E-state index in [1.165, 1.54) is 4.90 Å². The van der Waals surface area contributed by atoms with Crippen LogP contribution in [-0.4, -0.2) is 24.6 Å². The minimum absolute atomic E-state index is 0.0759. The third-order valence-corrected chi connectivity index (χ3v) is 6.36. The highest BCUT2D eigenvalue weighted by Gasteiger charge is 2.25. The summed E-state index contributed by atoms with van der Waals surface area (Å²) >= 11 is 0. The van der Waals surface area contributed by atoms with Gasteiger partial charge in [-0.2, -0.15) is 0 Å². The van der Waals surface area contributed by atoms with Gasteiger partial charge in [0.05, 0.1) is 16.9 Å². The maximum Gasteiger partial charge on any atom is 0.410 e. The van der Waals surface area contributed by atoms with Crippen LogP contribution in [0.15, 0.2) is 103 Å². The summed E-state index contributed by atoms with van der Waals surface area (Å²) in [5.41, 5.74) is 8.97. The van der Waals surface area contributed by atoms with Crippen LogP contribution < -0.4 is 20.7 Å². The van der Waals surface area contributed by atoms with Gasteiger partial charge in [-0.15, -0.1) is 0 Å². The Morgan fingerprint density at radius 1 is 0.829 bits per heavy atom. The number of nitrogens with one attached hydrogen (secondary N) is 1. The maximum atomic E-state index is 13.9. The number of nitrogens with zero attached hydrogens (tertiary/aromatic N) is 1. The molecule has 3 N–H and O–H groups in total. The molecule has 8 nitrogen and oxygen atoms in total. The molecular weight excluding hydrogens is 518 g/mol. The Labute approximate surface area is 239 Å². The molecule has 4 aromatic carbocycles. The van der Waals surface area contributed by atoms with Crippen LogP contribution in [0.2, 0.25) is 0 Å². The normalized spacial score (nSPS) is 10.9. The zero-order valence-electron chi connectivity index (χ0n) is 23.3. The molecule has 0 unspecified atom stereocenters. The van der Waals surface area contributed by atoms with E-state index in [-0.39, 0.29) is 30.2 Å². The number of primary amides is 1. The number of ether oxygens (including phenoxy) is 2. The molecule has 0 aliphatic heterocycles. The third kappa shape index (κ3) is 7.51. The molecule has 0 saturated carbocycles. The van der Waals surface area contributed by atoms with Crippen molar-refractivity contribution in [3.8, 4) is 5.75 Å². The number of rotatable bonds is 9. The predicted octanol–water partition coefficient (Wildman–Crippen LogP) is 6.32. The molecule has 41 heavy (non-hydrogen) atoms. The fourth-order valence-corrected chi connectivity index (χ4v) is 4.15. The monoisotopic (exact) mass is 551 g/mol. The number of carbonyl (C=O) groups excluding carboxylic acids is 3. The Morgan fingerprint density at radius 3 is 2.20 bits per heavy atom. The molecule has 0 spiro atoms. The van der Waals surface area contributed by atoms with E-state index < -0.39 is 12.0 Å². The molecule has 0 fully saturated rings. The van der Waals surface area contributed by atoms with E-state index in [2.05, 4.69) is 26.1 Å². The number of hydrogen-bond acceptors (Lipinski definition) is 5. The van der Waals surface area contributed by atoms with Crippen LogP contribution in [0.1, 0.15) is 52.6 Å². The minimum atomic E-state index is -0.660. The molecule has 3 amide bonds. The molecule has 0 aromatic heterocycles. The summed E-state index contributed by atoms with van der Waals surface area (Å²) in [4.78, 5) is 39.8. The summed E-state index contributed by atoms with van der Waals surface area (Å²) < 4.78 is 10.9. The number of carbonyl (C=O) groups is 3. The van der Waals surface area contributed by atoms with Gasteiger partial charge in [0.25, 0.3) is 11.8 Å². The molecule has 0 radical (unpaired) electrons. The van der Waals surface area contributed by atoms with Crippen LogP contribution in [0.25, 0.3) is 0 Å². The molecule has 210 valence electrons. The number of anilines is 2. The number of alkyl carbamates (subject to hydrolysis) is 1. The van der Waals surface area contributed by atoms with Crippen molar-refractivity contribution in [2.24, 2.45) is 5.73 Å². The van der Waals surface area contributed by atoms with Crippen LogP contribution >= 0.6 is 0 Å². The Balaban J connectivity index is 1.55. The number of hydrogen-bond donors (Lipinski definition) is 2. The van der Waals surface area contributed by atoms with Gasteiger partial charge in [-0.25, -0.2) is 4.79 Å². The first-order valence-corrected chi connectivity index (χ1v) is 13.1. The molecule has 0 aliphatic carbocycles. The van der Waals surface area contributed by atoms with E-state index >= 15 is 0 Å². The van der Waals surface area contributed by atoms with Crippen molar-refractivity contribution in [2.45, 2.75) is 32.8 Å². The predicted molar refractivity (Wildman–Crippen MR) is 158 cm³/mol. The molecule has 4 aromatic rings. The van der Waals surface area contributed by atoms with Gasteiger partial charge in [0.2, 0.25) is 0 Å². The van der Waals surface area contributed by atoms with Crippen molar-refractivity contribution in [3.05, 3.63) is 125 Å². The van der Waals surface area contributed by atoms with Crippen molar-refractivity contribution in [1.29, 1.82) is 0 Å². The highest BCUT2D eigenvalue weighted by Crippen LogP contribution is 2.33. The quantitative estimate of drug-likeness (QED) is 0.236. The SMILES string of the molecule is CC(C)(C)c1ccc(C(=O)N(c2cccc(OCNC(=O)OCc3ccccc3)c2)c2ccccc2C(N)=O)cc1. The smallest absolute Gasteiger partial charge is 0.410 e. The van der Waals surface area contributed by atoms with Crippen molar-refractivity contribution in [1.82, 2.24) is 5.32 Å². The Hall–Kier alpha value is -5.11. The van der Waals surface area contributed by atoms with Crippen LogP contribution in [-0.2, 0) is 16.8 Å². The highest BCUT2D eigenvalue weighted by molar-refractivity contribution is 6.14. The zero-order valence-corrected chi connectivity index (χ0v) is 23.3. The lowest BCUT2D eigenvalue weighted by Gasteiger charge is -2.26. The summed E-state index contributed by atoms with van der Waals surface area (Å²) in [7, 11) is 0. The molecule has 0 atom stereocenters. The lowest BCUT2D eigenvalue weighted by molar-refractivity contribution is 0.0998. The molecular formula is C33H33N3O5. The van der Waals surface area contributed by atoms with Crippen LogP contribution in [0.5, 0.6) is 5.75 Å². The summed E-state index contributed by atoms with van der Waals surface area (Å²) in [6, 6.07) is 30.2. The molecule has 0 saturated heterocycles. The lowest BCUT2D eigenvalue weighted by Crippen LogP contribution is -2.29. The van der Waals surface area contributed by atoms with Gasteiger partial charge in [-0.1, -0.05) is 81.4 Å². The Bertz CT molecular complexity index is 1510. The first-order chi connectivity index (χ1) is 19.6. The average molecular weight is 552 g/mol. The van der Waals surface area contributed by atoms with E-state index in [0.717, 1.165) is 11.1 Å². The summed E-state index contributed by atoms with van der Waals surface area (Å²) in [6.45, 7) is 6.28. The summed E-state index contributed by atoms with van der Waals surface area (Å²) in [5.74, 6) is -0.616. The number of benzene rings is 4. The first kappa shape index (κ1) is 28.9. The molecule has 0 aliphatic rings. The lowest BCUT2D eigenvalue weighted by atomic mass is 9.86. The first-order valence-electron chi connectivity index (χ1n) is 13.1. The second-order valence-electron chi connectivity index (χ2n) is 10.4. The van der Waals surface area contributed by atoms with Gasteiger partial charge in [0, 0.05) is 11.6 Å². The molecule has 0 heterocycles. The van der Waals surface area contributed by atoms with Gasteiger partial charge >= 0.3 is 6.09 Å². The van der Waals surface area contributed by atoms with Crippen molar-refractivity contribution in [3.63, 3.8) is 0 Å². The van der Waals surface area contributed by atoms with Crippen molar-refractivity contribution >= 4 is 29.3 Å². The van der Waals surface area contributed by atoms with E-state index in [9.17, 15) is 14.4 Å². The largest absolute Gasteiger partial charge is 0.473 e. The van der Waals surface area contributed by atoms with Crippen LogP contribution in [0.4, 0.5) is 16.2 Å². The van der Waals surface area contributed by atoms with E-state index in [1.807, 2.05) is 42.5 Å². The summed E-state index contributed by atoms with van der Waals surface area (Å²) in [5, 5.41) is 2.55. The molecule has 8 heteroatoms. The van der Waals surface area contributed by atoms with Crippen LogP contribution in [0, 0.1) is 0 Å². The topological polar surface area (TPSA) is 111 Å². The second-order valence-corrected chi connectivity index (χ2v) is 10.4. The standard InChI is InChI=1S/C33H33N3O5/c1-33(2,3)25-18-16-24(17-19-25)31(38)36(29-15-8-7-14-28(29)30(34)37)26-12-9-13-27(20-26)41-22-35-32(39)40-21-23-10-5-4-6-11-23/h4-20H,21-22H2,1-3H3,(H2,34,37)(H,35,39). The van der Waals surface area contributed by atoms with Gasteiger partial charge in [0.15, 0.2) is 6.73 Å². The van der Waals surface area contributed by atoms with Crippen LogP contribution in [0.3, 0.4) is 0 Å². The highest BCUT2D eigenvalue weighted by atomic mass is 16.6. The maximum absolute atomic E-state index is 13.9. The van der Waals surface area contributed by atoms with E-state index in [1.54, 1.807) is 60.7 Å². The Kier molecular flexibility index (Phi) is 9.04. The van der Waals surface area contributed by atoms with Crippen molar-refractivity contribution in [2.75, 3.05) is 11.6 Å². The number of para-hydroxylation sites is 1. The molecule has 4 rings (SSSR count). The molecule has 0 bridgehead atoms. The summed E-state index contributed by atoms with van der Waals surface area (Å²) in [6.07, 6.45) is -0.629. The van der Waals surface area contributed by atoms with Gasteiger partial charge < -0.3 is 15.2 Å². The number of nitrogens with two attached hydrogens (primary N) is 1. The second kappa shape index (κ2) is 12.8. The van der Waals surface area contributed by atoms with Gasteiger partial charge in [-0.3, -0.25) is 19.8 Å². The van der Waals surface area contributed by atoms with Crippen molar-refractivity contribution < 1.29 is 23.9 Å². The fraction of sp³-hybridized carbons (Fsp3) is 0.182. The average Bonchev–Trinajstić information content (AvgIpc) is 2.97. The van der Waals surface area contributed by atoms with E-state index in [4.69, 9.17) is 15.2 Å². The van der Waals surface area contributed by atoms with E-state index in [0.29, 0.717) is 22.7 Å². The minimum Gasteiger partial charge on any atom is -0.473 e. The Morgan fingerprint density at radius 2 is 1.51 bits per heavy atom.